The summed E-state index contributed by atoms with van der Waals surface area (Å²) in [6, 6.07) is 2.87. The molecule has 18 heavy (non-hydrogen) atoms. The van der Waals surface area contributed by atoms with E-state index in [1.807, 2.05) is 0 Å². The number of nitrogens with two attached hydrogens (primary N) is 1. The lowest BCUT2D eigenvalue weighted by atomic mass is 9.90. The van der Waals surface area contributed by atoms with Crippen LogP contribution in [0.2, 0.25) is 0 Å². The lowest BCUT2D eigenvalue weighted by Crippen LogP contribution is -2.19. The van der Waals surface area contributed by atoms with Crippen molar-refractivity contribution in [2.24, 2.45) is 5.14 Å². The van der Waals surface area contributed by atoms with Gasteiger partial charge in [0.25, 0.3) is 0 Å². The molecule has 6 nitrogen and oxygen atoms in total. The van der Waals surface area contributed by atoms with E-state index in [0.29, 0.717) is 16.7 Å². The summed E-state index contributed by atoms with van der Waals surface area (Å²) in [5, 5.41) is 14.6. The first kappa shape index (κ1) is 12.6. The van der Waals surface area contributed by atoms with Crippen molar-refractivity contribution in [2.75, 3.05) is 0 Å². The van der Waals surface area contributed by atoms with Gasteiger partial charge in [-0.05, 0) is 30.2 Å². The number of phenols is 1. The fraction of sp³-hybridized carbons (Fsp3) is 0.182. The molecule has 7 heteroatoms. The van der Waals surface area contributed by atoms with E-state index < -0.39 is 10.3 Å². The molecular weight excluding hydrogens is 258 g/mol. The highest BCUT2D eigenvalue weighted by molar-refractivity contribution is 7.84. The minimum atomic E-state index is -4.21. The zero-order chi connectivity index (χ0) is 13.5. The number of hydrogen-bond donors (Lipinski definition) is 2. The number of phenolic OH excluding ortho intramolecular Hbond substituents is 1. The van der Waals surface area contributed by atoms with Crippen LogP contribution in [-0.2, 0) is 21.5 Å². The van der Waals surface area contributed by atoms with Crippen LogP contribution in [0.25, 0.3) is 5.57 Å². The highest BCUT2D eigenvalue weighted by Crippen LogP contribution is 2.38. The Morgan fingerprint density at radius 3 is 2.67 bits per heavy atom. The maximum absolute atomic E-state index is 11.4. The number of hydrogen-bond acceptors (Lipinski definition) is 5. The highest BCUT2D eigenvalue weighted by atomic mass is 32.2. The Morgan fingerprint density at radius 1 is 1.39 bits per heavy atom. The van der Waals surface area contributed by atoms with Crippen LogP contribution in [0.3, 0.4) is 0 Å². The average Bonchev–Trinajstić information content (AvgIpc) is 2.21. The smallest absolute Gasteiger partial charge is 0.380 e. The standard InChI is InChI=1S/C11H11NO5S/c1-6-4-7(13)5-9-8(6)2-3-10(11(9)14)17-18(12,15)16/h2-4,14H,5H2,1H3,(H2,12,15,16). The van der Waals surface area contributed by atoms with Crippen molar-refractivity contribution in [3.8, 4) is 11.5 Å². The maximum atomic E-state index is 11.4. The normalized spacial score (nSPS) is 15.0. The number of carbonyl (C=O) groups is 1. The molecule has 0 heterocycles. The van der Waals surface area contributed by atoms with E-state index in [1.165, 1.54) is 12.1 Å². The number of aromatic hydroxyl groups is 1. The Bertz CT molecular complexity index is 660. The van der Waals surface area contributed by atoms with Crippen LogP contribution in [0.15, 0.2) is 18.2 Å². The minimum Gasteiger partial charge on any atom is -0.504 e. The summed E-state index contributed by atoms with van der Waals surface area (Å²) in [6.07, 6.45) is 1.47. The van der Waals surface area contributed by atoms with Crippen molar-refractivity contribution in [1.29, 1.82) is 0 Å². The number of allylic oxidation sites excluding steroid dienone is 2. The Morgan fingerprint density at radius 2 is 2.06 bits per heavy atom. The maximum Gasteiger partial charge on any atom is 0.380 e. The lowest BCUT2D eigenvalue weighted by molar-refractivity contribution is -0.114. The fourth-order valence-corrected chi connectivity index (χ4v) is 2.28. The molecule has 96 valence electrons. The summed E-state index contributed by atoms with van der Waals surface area (Å²) in [6.45, 7) is 1.73. The predicted octanol–water partition coefficient (Wildman–Crippen LogP) is 0.503. The predicted molar refractivity (Wildman–Crippen MR) is 64.2 cm³/mol. The Kier molecular flexibility index (Phi) is 2.88. The Labute approximate surface area is 104 Å². The SMILES string of the molecule is CC1=CC(=O)Cc2c1ccc(OS(N)(=O)=O)c2O. The molecule has 2 rings (SSSR count). The van der Waals surface area contributed by atoms with E-state index in [0.717, 1.165) is 0 Å². The molecule has 0 aliphatic heterocycles. The first-order valence-electron chi connectivity index (χ1n) is 5.06. The zero-order valence-electron chi connectivity index (χ0n) is 9.50. The second kappa shape index (κ2) is 4.11. The molecule has 0 bridgehead atoms. The van der Waals surface area contributed by atoms with Crippen molar-refractivity contribution in [3.05, 3.63) is 29.3 Å². The first-order valence-corrected chi connectivity index (χ1v) is 6.53. The van der Waals surface area contributed by atoms with E-state index in [9.17, 15) is 18.3 Å². The van der Waals surface area contributed by atoms with Gasteiger partial charge in [-0.1, -0.05) is 6.07 Å². The Balaban J connectivity index is 2.55. The van der Waals surface area contributed by atoms with Gasteiger partial charge in [-0.3, -0.25) is 4.79 Å². The molecule has 0 atom stereocenters. The molecule has 0 saturated heterocycles. The van der Waals surface area contributed by atoms with Gasteiger partial charge in [0.15, 0.2) is 17.3 Å². The fourth-order valence-electron chi connectivity index (χ4n) is 1.90. The number of carbonyl (C=O) groups excluding carboxylic acids is 1. The van der Waals surface area contributed by atoms with Crippen LogP contribution in [0.5, 0.6) is 11.5 Å². The summed E-state index contributed by atoms with van der Waals surface area (Å²) in [4.78, 5) is 11.4. The molecule has 0 radical (unpaired) electrons. The van der Waals surface area contributed by atoms with Crippen molar-refractivity contribution in [1.82, 2.24) is 0 Å². The van der Waals surface area contributed by atoms with Crippen molar-refractivity contribution in [3.63, 3.8) is 0 Å². The molecule has 1 aliphatic carbocycles. The zero-order valence-corrected chi connectivity index (χ0v) is 10.3. The highest BCUT2D eigenvalue weighted by Gasteiger charge is 2.22. The van der Waals surface area contributed by atoms with Gasteiger partial charge in [-0.15, -0.1) is 0 Å². The van der Waals surface area contributed by atoms with Crippen molar-refractivity contribution < 1.29 is 22.5 Å². The van der Waals surface area contributed by atoms with Gasteiger partial charge in [0.2, 0.25) is 0 Å². The van der Waals surface area contributed by atoms with Crippen molar-refractivity contribution >= 4 is 21.7 Å². The van der Waals surface area contributed by atoms with Gasteiger partial charge < -0.3 is 9.29 Å². The van der Waals surface area contributed by atoms with Crippen LogP contribution in [0.4, 0.5) is 0 Å². The van der Waals surface area contributed by atoms with Crippen LogP contribution in [0.1, 0.15) is 18.1 Å². The molecule has 3 N–H and O–H groups in total. The van der Waals surface area contributed by atoms with Crippen molar-refractivity contribution in [2.45, 2.75) is 13.3 Å². The van der Waals surface area contributed by atoms with Gasteiger partial charge >= 0.3 is 10.3 Å². The summed E-state index contributed by atoms with van der Waals surface area (Å²) in [5.41, 5.74) is 1.74. The number of ketones is 1. The summed E-state index contributed by atoms with van der Waals surface area (Å²) < 4.78 is 26.1. The third-order valence-corrected chi connectivity index (χ3v) is 3.02. The molecule has 1 aliphatic rings. The van der Waals surface area contributed by atoms with E-state index in [1.54, 1.807) is 13.0 Å². The average molecular weight is 269 g/mol. The lowest BCUT2D eigenvalue weighted by Gasteiger charge is -2.17. The molecule has 0 saturated carbocycles. The third kappa shape index (κ3) is 2.36. The molecule has 1 aromatic rings. The Hall–Kier alpha value is -1.86. The van der Waals surface area contributed by atoms with Gasteiger partial charge in [0.1, 0.15) is 0 Å². The summed E-state index contributed by atoms with van der Waals surface area (Å²) in [7, 11) is -4.21. The second-order valence-electron chi connectivity index (χ2n) is 3.98. The third-order valence-electron chi connectivity index (χ3n) is 2.61. The summed E-state index contributed by atoms with van der Waals surface area (Å²) >= 11 is 0. The van der Waals surface area contributed by atoms with Gasteiger partial charge in [0, 0.05) is 12.0 Å². The monoisotopic (exact) mass is 269 g/mol. The van der Waals surface area contributed by atoms with Crippen LogP contribution >= 0.6 is 0 Å². The van der Waals surface area contributed by atoms with Crippen LogP contribution < -0.4 is 9.32 Å². The molecular formula is C11H11NO5S. The number of rotatable bonds is 2. The van der Waals surface area contributed by atoms with Gasteiger partial charge in [0.05, 0.1) is 0 Å². The van der Waals surface area contributed by atoms with E-state index in [-0.39, 0.29) is 23.7 Å². The van der Waals surface area contributed by atoms with E-state index in [4.69, 9.17) is 5.14 Å². The topological polar surface area (TPSA) is 107 Å². The van der Waals surface area contributed by atoms with Crippen LogP contribution in [-0.4, -0.2) is 19.3 Å². The molecule has 0 spiro atoms. The molecule has 0 unspecified atom stereocenters. The molecule has 0 amide bonds. The largest absolute Gasteiger partial charge is 0.504 e. The van der Waals surface area contributed by atoms with E-state index >= 15 is 0 Å². The van der Waals surface area contributed by atoms with E-state index in [2.05, 4.69) is 4.18 Å². The molecule has 0 aromatic heterocycles. The minimum absolute atomic E-state index is 0.000323. The van der Waals surface area contributed by atoms with Gasteiger partial charge in [-0.25, -0.2) is 0 Å². The first-order chi connectivity index (χ1) is 8.28. The second-order valence-corrected chi connectivity index (χ2v) is 5.14. The van der Waals surface area contributed by atoms with Gasteiger partial charge in [-0.2, -0.15) is 13.6 Å². The number of benzene rings is 1. The summed E-state index contributed by atoms with van der Waals surface area (Å²) in [5.74, 6) is -0.816. The number of fused-ring (bicyclic) bond motifs is 1. The molecule has 0 fully saturated rings. The quantitative estimate of drug-likeness (QED) is 0.813. The molecule has 1 aromatic carbocycles. The van der Waals surface area contributed by atoms with Crippen LogP contribution in [0, 0.1) is 0 Å².